The van der Waals surface area contributed by atoms with Crippen LogP contribution in [0.3, 0.4) is 0 Å². The maximum Gasteiger partial charge on any atom is 0.258 e. The lowest BCUT2D eigenvalue weighted by Gasteiger charge is -2.35. The molecule has 0 bridgehead atoms. The molecule has 0 saturated carbocycles. The van der Waals surface area contributed by atoms with Crippen LogP contribution in [0.5, 0.6) is 11.5 Å². The number of rotatable bonds is 7. The lowest BCUT2D eigenvalue weighted by atomic mass is 9.74. The molecule has 4 N–H and O–H groups in total. The van der Waals surface area contributed by atoms with E-state index in [9.17, 15) is 14.7 Å². The maximum absolute atomic E-state index is 12.9. The summed E-state index contributed by atoms with van der Waals surface area (Å²) in [5.74, 6) is -0.123. The van der Waals surface area contributed by atoms with Crippen LogP contribution in [0, 0.1) is 0 Å². The van der Waals surface area contributed by atoms with Crippen molar-refractivity contribution in [2.45, 2.75) is 32.6 Å². The van der Waals surface area contributed by atoms with Crippen LogP contribution in [0.1, 0.15) is 48.7 Å². The number of nitrogens with zero attached hydrogens (tertiary/aromatic N) is 3. The van der Waals surface area contributed by atoms with E-state index in [-0.39, 0.29) is 39.2 Å². The Balaban J connectivity index is 0.00000205. The van der Waals surface area contributed by atoms with Gasteiger partial charge in [-0.1, -0.05) is 37.6 Å². The minimum absolute atomic E-state index is 0.0134. The number of benzene rings is 2. The number of fused-ring (bicyclic) bond motifs is 1. The van der Waals surface area contributed by atoms with Gasteiger partial charge in [-0.15, -0.1) is 0 Å². The minimum Gasteiger partial charge on any atom is -0.504 e. The van der Waals surface area contributed by atoms with Gasteiger partial charge in [-0.2, -0.15) is 5.10 Å². The first-order valence-electron chi connectivity index (χ1n) is 12.2. The van der Waals surface area contributed by atoms with E-state index in [0.29, 0.717) is 24.1 Å². The van der Waals surface area contributed by atoms with Crippen LogP contribution in [0.2, 0.25) is 5.15 Å². The van der Waals surface area contributed by atoms with Gasteiger partial charge < -0.3 is 20.9 Å². The number of hydrazone groups is 1. The number of phenolic OH excluding ortho intramolecular Hbond substituents is 1. The minimum atomic E-state index is -0.381. The van der Waals surface area contributed by atoms with Gasteiger partial charge in [0.25, 0.3) is 5.91 Å². The molecular weight excluding hydrogens is 518 g/mol. The smallest absolute Gasteiger partial charge is 0.258 e. The highest BCUT2D eigenvalue weighted by Crippen LogP contribution is 2.43. The fourth-order valence-corrected chi connectivity index (χ4v) is 4.39. The van der Waals surface area contributed by atoms with Crippen LogP contribution < -0.4 is 20.8 Å². The Kier molecular flexibility index (Phi) is 9.45. The van der Waals surface area contributed by atoms with Crippen LogP contribution in [0.15, 0.2) is 65.9 Å². The van der Waals surface area contributed by atoms with E-state index >= 15 is 0 Å². The molecule has 1 aromatic heterocycles. The van der Waals surface area contributed by atoms with Gasteiger partial charge in [-0.05, 0) is 67.8 Å². The first kappa shape index (κ1) is 29.3. The summed E-state index contributed by atoms with van der Waals surface area (Å²) in [6.45, 7) is 5.89. The van der Waals surface area contributed by atoms with Gasteiger partial charge in [0.1, 0.15) is 5.15 Å². The number of aromatic hydroxyl groups is 1. The molecule has 1 aliphatic rings. The third-order valence-electron chi connectivity index (χ3n) is 6.16. The Bertz CT molecular complexity index is 1430. The van der Waals surface area contributed by atoms with E-state index in [1.54, 1.807) is 36.2 Å². The van der Waals surface area contributed by atoms with Crippen molar-refractivity contribution in [1.82, 2.24) is 4.98 Å². The third-order valence-corrected chi connectivity index (χ3v) is 6.46. The van der Waals surface area contributed by atoms with E-state index in [2.05, 4.69) is 35.0 Å². The first-order chi connectivity index (χ1) is 18.6. The summed E-state index contributed by atoms with van der Waals surface area (Å²) in [6, 6.07) is 13.8. The fraction of sp³-hybridized carbons (Fsp3) is 0.241. The van der Waals surface area contributed by atoms with Crippen LogP contribution in [-0.4, -0.2) is 42.2 Å². The number of aldehydes is 1. The van der Waals surface area contributed by atoms with E-state index in [1.165, 1.54) is 26.4 Å². The van der Waals surface area contributed by atoms with Crippen molar-refractivity contribution in [1.29, 1.82) is 0 Å². The zero-order chi connectivity index (χ0) is 28.7. The Morgan fingerprint density at radius 3 is 2.64 bits per heavy atom. The fourth-order valence-electron chi connectivity index (χ4n) is 4.18. The van der Waals surface area contributed by atoms with Crippen LogP contribution in [-0.2, 0) is 10.2 Å². The maximum atomic E-state index is 12.9. The molecule has 10 heteroatoms. The number of methoxy groups -OCH3 is 1. The van der Waals surface area contributed by atoms with E-state index in [0.717, 1.165) is 16.8 Å². The van der Waals surface area contributed by atoms with E-state index in [4.69, 9.17) is 16.3 Å². The summed E-state index contributed by atoms with van der Waals surface area (Å²) in [5.41, 5.74) is 8.60. The Hall–Kier alpha value is -4.21. The molecule has 204 valence electrons. The van der Waals surface area contributed by atoms with Crippen molar-refractivity contribution in [3.8, 4) is 11.5 Å². The van der Waals surface area contributed by atoms with Gasteiger partial charge in [0, 0.05) is 23.5 Å². The SMILES string of the molecule is CN.COc1cc(N(/N=C(\C)C=O)C2=CCC(C)(C)c3ccc(NC(=O)c4cccnc4Cl)cc32)ccc1O. The zero-order valence-corrected chi connectivity index (χ0v) is 23.3. The normalized spacial score (nSPS) is 13.7. The molecule has 0 radical (unpaired) electrons. The average Bonchev–Trinajstić information content (AvgIpc) is 2.93. The highest BCUT2D eigenvalue weighted by Gasteiger charge is 2.31. The summed E-state index contributed by atoms with van der Waals surface area (Å²) in [7, 11) is 2.96. The third kappa shape index (κ3) is 6.45. The number of nitrogens with one attached hydrogen (secondary N) is 1. The van der Waals surface area contributed by atoms with Gasteiger partial charge in [0.2, 0.25) is 0 Å². The standard InChI is InChI=1S/C28H27ClN4O4.CH5N/c1-17(16-34)32-33(19-8-10-24(35)25(15-19)37-4)23-11-12-28(2,3)22-9-7-18(14-21(22)23)31-27(36)20-6-5-13-30-26(20)29;1-2/h5-11,13-16,35H,12H2,1-4H3,(H,31,36);2H2,1H3/b32-17+;. The molecule has 4 rings (SSSR count). The second-order valence-corrected chi connectivity index (χ2v) is 9.62. The molecule has 0 fully saturated rings. The second-order valence-electron chi connectivity index (χ2n) is 9.26. The van der Waals surface area contributed by atoms with Crippen LogP contribution in [0.25, 0.3) is 5.70 Å². The quantitative estimate of drug-likeness (QED) is 0.156. The van der Waals surface area contributed by atoms with Gasteiger partial charge in [0.15, 0.2) is 17.8 Å². The molecule has 3 aromatic rings. The van der Waals surface area contributed by atoms with Crippen molar-refractivity contribution < 1.29 is 19.4 Å². The Morgan fingerprint density at radius 2 is 1.97 bits per heavy atom. The van der Waals surface area contributed by atoms with Crippen molar-refractivity contribution in [2.24, 2.45) is 10.8 Å². The number of ether oxygens (including phenoxy) is 1. The van der Waals surface area contributed by atoms with Gasteiger partial charge in [-0.25, -0.2) is 9.99 Å². The molecular formula is C29H32ClN5O4. The largest absolute Gasteiger partial charge is 0.504 e. The van der Waals surface area contributed by atoms with Crippen molar-refractivity contribution >= 4 is 46.6 Å². The summed E-state index contributed by atoms with van der Waals surface area (Å²) < 4.78 is 5.29. The number of halogens is 1. The number of anilines is 2. The molecule has 0 aliphatic heterocycles. The molecule has 1 heterocycles. The van der Waals surface area contributed by atoms with E-state index < -0.39 is 0 Å². The van der Waals surface area contributed by atoms with Gasteiger partial charge >= 0.3 is 0 Å². The molecule has 0 spiro atoms. The Morgan fingerprint density at radius 1 is 1.23 bits per heavy atom. The number of carbonyl (C=O) groups is 2. The number of amides is 1. The molecule has 1 amide bonds. The molecule has 39 heavy (non-hydrogen) atoms. The highest BCUT2D eigenvalue weighted by molar-refractivity contribution is 6.33. The molecule has 0 unspecified atom stereocenters. The second kappa shape index (κ2) is 12.6. The Labute approximate surface area is 233 Å². The number of aromatic nitrogens is 1. The van der Waals surface area contributed by atoms with Crippen molar-refractivity contribution in [2.75, 3.05) is 24.5 Å². The predicted octanol–water partition coefficient (Wildman–Crippen LogP) is 5.38. The topological polar surface area (TPSA) is 130 Å². The molecule has 1 aliphatic carbocycles. The summed E-state index contributed by atoms with van der Waals surface area (Å²) in [5, 5.41) is 19.3. The lowest BCUT2D eigenvalue weighted by Crippen LogP contribution is -2.27. The number of hydrogen-bond donors (Lipinski definition) is 3. The number of nitrogens with two attached hydrogens (primary N) is 1. The van der Waals surface area contributed by atoms with Crippen molar-refractivity contribution in [3.63, 3.8) is 0 Å². The van der Waals surface area contributed by atoms with Gasteiger partial charge in [-0.3, -0.25) is 9.59 Å². The number of pyridine rings is 1. The molecule has 2 aromatic carbocycles. The van der Waals surface area contributed by atoms with Gasteiger partial charge in [0.05, 0.1) is 29.8 Å². The summed E-state index contributed by atoms with van der Waals surface area (Å²) >= 11 is 6.11. The number of carbonyl (C=O) groups excluding carboxylic acids is 2. The zero-order valence-electron chi connectivity index (χ0n) is 22.5. The number of hydrogen-bond acceptors (Lipinski definition) is 8. The summed E-state index contributed by atoms with van der Waals surface area (Å²) in [4.78, 5) is 28.4. The monoisotopic (exact) mass is 549 g/mol. The first-order valence-corrected chi connectivity index (χ1v) is 12.5. The molecule has 0 atom stereocenters. The average molecular weight is 550 g/mol. The highest BCUT2D eigenvalue weighted by atomic mass is 35.5. The molecule has 0 saturated heterocycles. The summed E-state index contributed by atoms with van der Waals surface area (Å²) in [6.07, 6.45) is 4.96. The lowest BCUT2D eigenvalue weighted by molar-refractivity contribution is -0.102. The predicted molar refractivity (Wildman–Crippen MR) is 156 cm³/mol. The molecule has 9 nitrogen and oxygen atoms in total. The van der Waals surface area contributed by atoms with Crippen molar-refractivity contribution in [3.05, 3.63) is 82.6 Å². The number of allylic oxidation sites excluding steroid dienone is 1. The van der Waals surface area contributed by atoms with Crippen LogP contribution in [0.4, 0.5) is 11.4 Å². The van der Waals surface area contributed by atoms with Crippen LogP contribution >= 0.6 is 11.6 Å². The number of phenols is 1. The van der Waals surface area contributed by atoms with E-state index in [1.807, 2.05) is 24.3 Å².